The number of hydrogen-bond acceptors (Lipinski definition) is 3. The van der Waals surface area contributed by atoms with E-state index in [4.69, 9.17) is 22.8 Å². The minimum absolute atomic E-state index is 0.0456. The highest BCUT2D eigenvalue weighted by atomic mass is 35.5. The summed E-state index contributed by atoms with van der Waals surface area (Å²) in [7, 11) is 1.65. The van der Waals surface area contributed by atoms with Crippen molar-refractivity contribution in [2.45, 2.75) is 31.9 Å². The fourth-order valence-corrected chi connectivity index (χ4v) is 3.31. The normalized spacial score (nSPS) is 18.6. The maximum absolute atomic E-state index is 12.5. The molecule has 4 nitrogen and oxygen atoms in total. The van der Waals surface area contributed by atoms with Gasteiger partial charge >= 0.3 is 0 Å². The number of benzene rings is 1. The number of hydrogen-bond donors (Lipinski definition) is 1. The van der Waals surface area contributed by atoms with Gasteiger partial charge in [0, 0.05) is 18.1 Å². The first kappa shape index (κ1) is 18.8. The van der Waals surface area contributed by atoms with E-state index in [2.05, 4.69) is 16.1 Å². The Balaban J connectivity index is 1.90. The summed E-state index contributed by atoms with van der Waals surface area (Å²) in [5.74, 6) is 2.80. The van der Waals surface area contributed by atoms with Gasteiger partial charge in [-0.15, -0.1) is 6.42 Å². The van der Waals surface area contributed by atoms with Gasteiger partial charge < -0.3 is 10.1 Å². The summed E-state index contributed by atoms with van der Waals surface area (Å²) < 4.78 is 5.59. The molecule has 1 aromatic carbocycles. The second kappa shape index (κ2) is 9.08. The molecule has 130 valence electrons. The van der Waals surface area contributed by atoms with E-state index >= 15 is 0 Å². The van der Waals surface area contributed by atoms with Gasteiger partial charge in [0.1, 0.15) is 6.10 Å². The lowest BCUT2D eigenvalue weighted by molar-refractivity contribution is -0.128. The van der Waals surface area contributed by atoms with Crippen molar-refractivity contribution >= 4 is 17.5 Å². The first-order chi connectivity index (χ1) is 11.5. The van der Waals surface area contributed by atoms with Crippen molar-refractivity contribution in [1.29, 1.82) is 0 Å². The van der Waals surface area contributed by atoms with E-state index < -0.39 is 0 Å². The van der Waals surface area contributed by atoms with Gasteiger partial charge in [-0.25, -0.2) is 0 Å². The summed E-state index contributed by atoms with van der Waals surface area (Å²) in [4.78, 5) is 14.7. The first-order valence-corrected chi connectivity index (χ1v) is 8.67. The zero-order valence-electron chi connectivity index (χ0n) is 14.3. The Bertz CT molecular complexity index is 574. The largest absolute Gasteiger partial charge is 0.375 e. The van der Waals surface area contributed by atoms with E-state index in [-0.39, 0.29) is 24.0 Å². The highest BCUT2D eigenvalue weighted by Crippen LogP contribution is 2.24. The highest BCUT2D eigenvalue weighted by molar-refractivity contribution is 6.30. The van der Waals surface area contributed by atoms with Gasteiger partial charge in [0.15, 0.2) is 0 Å². The molecule has 0 radical (unpaired) electrons. The van der Waals surface area contributed by atoms with Gasteiger partial charge in [0.05, 0.1) is 12.6 Å². The molecule has 0 aliphatic carbocycles. The third kappa shape index (κ3) is 4.98. The number of halogens is 1. The zero-order valence-corrected chi connectivity index (χ0v) is 15.1. The topological polar surface area (TPSA) is 41.6 Å². The predicted molar refractivity (Wildman–Crippen MR) is 96.8 cm³/mol. The molecule has 1 aliphatic heterocycles. The molecular formula is C19H25ClN2O2. The van der Waals surface area contributed by atoms with E-state index in [1.54, 1.807) is 7.11 Å². The molecule has 1 aliphatic rings. The number of likely N-dealkylation sites (tertiary alicyclic amines) is 1. The first-order valence-electron chi connectivity index (χ1n) is 8.29. The van der Waals surface area contributed by atoms with E-state index in [0.29, 0.717) is 11.6 Å². The summed E-state index contributed by atoms with van der Waals surface area (Å²) in [6, 6.07) is 7.40. The molecule has 1 fully saturated rings. The van der Waals surface area contributed by atoms with E-state index in [1.165, 1.54) is 0 Å². The van der Waals surface area contributed by atoms with Crippen LogP contribution in [0.15, 0.2) is 24.3 Å². The smallest absolute Gasteiger partial charge is 0.223 e. The van der Waals surface area contributed by atoms with Gasteiger partial charge in [-0.05, 0) is 50.6 Å². The molecule has 0 unspecified atom stereocenters. The van der Waals surface area contributed by atoms with E-state index in [1.807, 2.05) is 31.2 Å². The molecule has 0 saturated carbocycles. The number of carbonyl (C=O) groups excluding carboxylic acids is 1. The van der Waals surface area contributed by atoms with Gasteiger partial charge in [0.25, 0.3) is 0 Å². The number of piperidine rings is 1. The van der Waals surface area contributed by atoms with Crippen molar-refractivity contribution < 1.29 is 9.53 Å². The lowest BCUT2D eigenvalue weighted by atomic mass is 9.95. The molecule has 0 aromatic heterocycles. The molecule has 0 bridgehead atoms. The van der Waals surface area contributed by atoms with Crippen molar-refractivity contribution in [3.63, 3.8) is 0 Å². The lowest BCUT2D eigenvalue weighted by Gasteiger charge is -2.31. The molecule has 24 heavy (non-hydrogen) atoms. The Morgan fingerprint density at radius 2 is 2.04 bits per heavy atom. The molecule has 5 heteroatoms. The molecule has 1 amide bonds. The number of amides is 1. The van der Waals surface area contributed by atoms with Crippen LogP contribution in [0.3, 0.4) is 0 Å². The SMILES string of the molecule is C#CCN1CCC(C(=O)N[C@H](C)[C@@H](OC)c2ccc(Cl)cc2)CC1. The third-order valence-electron chi connectivity index (χ3n) is 4.55. The lowest BCUT2D eigenvalue weighted by Crippen LogP contribution is -2.45. The maximum Gasteiger partial charge on any atom is 0.223 e. The van der Waals surface area contributed by atoms with Crippen molar-refractivity contribution in [2.75, 3.05) is 26.7 Å². The number of nitrogens with zero attached hydrogens (tertiary/aromatic N) is 1. The van der Waals surface area contributed by atoms with Gasteiger partial charge in [-0.2, -0.15) is 0 Å². The third-order valence-corrected chi connectivity index (χ3v) is 4.80. The molecule has 1 N–H and O–H groups in total. The van der Waals surface area contributed by atoms with Crippen LogP contribution in [-0.2, 0) is 9.53 Å². The maximum atomic E-state index is 12.5. The molecule has 1 aromatic rings. The van der Waals surface area contributed by atoms with Crippen LogP contribution >= 0.6 is 11.6 Å². The summed E-state index contributed by atoms with van der Waals surface area (Å²) in [5.41, 5.74) is 0.999. The minimum atomic E-state index is -0.201. The fourth-order valence-electron chi connectivity index (χ4n) is 3.18. The number of terminal acetylenes is 1. The summed E-state index contributed by atoms with van der Waals surface area (Å²) in [6.45, 7) is 4.38. The molecular weight excluding hydrogens is 324 g/mol. The van der Waals surface area contributed by atoms with Gasteiger partial charge in [-0.1, -0.05) is 29.7 Å². The number of ether oxygens (including phenoxy) is 1. The summed E-state index contributed by atoms with van der Waals surface area (Å²) in [6.07, 6.45) is 6.83. The van der Waals surface area contributed by atoms with Crippen LogP contribution in [-0.4, -0.2) is 43.6 Å². The second-order valence-corrected chi connectivity index (χ2v) is 6.70. The Morgan fingerprint density at radius 1 is 1.42 bits per heavy atom. The van der Waals surface area contributed by atoms with E-state index in [0.717, 1.165) is 31.5 Å². The van der Waals surface area contributed by atoms with Crippen molar-refractivity contribution in [3.05, 3.63) is 34.9 Å². The Hall–Kier alpha value is -1.54. The van der Waals surface area contributed by atoms with Crippen LogP contribution < -0.4 is 5.32 Å². The van der Waals surface area contributed by atoms with Gasteiger partial charge in [-0.3, -0.25) is 9.69 Å². The van der Waals surface area contributed by atoms with Crippen molar-refractivity contribution in [3.8, 4) is 12.3 Å². The number of nitrogens with one attached hydrogen (secondary N) is 1. The Kier molecular flexibility index (Phi) is 7.11. The second-order valence-electron chi connectivity index (χ2n) is 6.26. The minimum Gasteiger partial charge on any atom is -0.375 e. The van der Waals surface area contributed by atoms with E-state index in [9.17, 15) is 4.79 Å². The van der Waals surface area contributed by atoms with Crippen LogP contribution in [0.2, 0.25) is 5.02 Å². The number of rotatable bonds is 6. The van der Waals surface area contributed by atoms with Gasteiger partial charge in [0.2, 0.25) is 5.91 Å². The summed E-state index contributed by atoms with van der Waals surface area (Å²) >= 11 is 5.93. The monoisotopic (exact) mass is 348 g/mol. The fraction of sp³-hybridized carbons (Fsp3) is 0.526. The van der Waals surface area contributed by atoms with Crippen LogP contribution in [0.5, 0.6) is 0 Å². The molecule has 2 rings (SSSR count). The van der Waals surface area contributed by atoms with Crippen LogP contribution in [0, 0.1) is 18.3 Å². The average Bonchev–Trinajstić information content (AvgIpc) is 2.58. The standard InChI is InChI=1S/C19H25ClN2O2/c1-4-11-22-12-9-16(10-13-22)19(23)21-14(2)18(24-3)15-5-7-17(20)8-6-15/h1,5-8,14,16,18H,9-13H2,2-3H3,(H,21,23)/t14-,18-/m1/s1. The van der Waals surface area contributed by atoms with Crippen LogP contribution in [0.25, 0.3) is 0 Å². The average molecular weight is 349 g/mol. The van der Waals surface area contributed by atoms with Crippen LogP contribution in [0.4, 0.5) is 0 Å². The number of carbonyl (C=O) groups is 1. The molecule has 1 heterocycles. The predicted octanol–water partition coefficient (Wildman–Crippen LogP) is 2.88. The Morgan fingerprint density at radius 3 is 2.58 bits per heavy atom. The quantitative estimate of drug-likeness (QED) is 0.804. The van der Waals surface area contributed by atoms with Crippen LogP contribution in [0.1, 0.15) is 31.4 Å². The molecule has 2 atom stereocenters. The molecule has 1 saturated heterocycles. The Labute approximate surface area is 149 Å². The summed E-state index contributed by atoms with van der Waals surface area (Å²) in [5, 5.41) is 3.79. The highest BCUT2D eigenvalue weighted by Gasteiger charge is 2.27. The van der Waals surface area contributed by atoms with Crippen molar-refractivity contribution in [2.24, 2.45) is 5.92 Å². The molecule has 0 spiro atoms. The zero-order chi connectivity index (χ0) is 17.5. The number of methoxy groups -OCH3 is 1. The van der Waals surface area contributed by atoms with Crippen molar-refractivity contribution in [1.82, 2.24) is 10.2 Å².